The monoisotopic (exact) mass is 168 g/mol. The summed E-state index contributed by atoms with van der Waals surface area (Å²) < 4.78 is 5.87. The molecule has 0 bridgehead atoms. The fraction of sp³-hybridized carbons (Fsp3) is 1.00. The van der Waals surface area contributed by atoms with Gasteiger partial charge in [-0.1, -0.05) is 26.2 Å². The quantitative estimate of drug-likeness (QED) is 0.540. The molecule has 3 atom stereocenters. The van der Waals surface area contributed by atoms with Gasteiger partial charge >= 0.3 is 0 Å². The lowest BCUT2D eigenvalue weighted by Crippen LogP contribution is -2.32. The van der Waals surface area contributed by atoms with Crippen LogP contribution in [0.2, 0.25) is 0 Å². The molecular formula is C11H20O. The molecule has 2 fully saturated rings. The fourth-order valence-corrected chi connectivity index (χ4v) is 2.71. The minimum atomic E-state index is 0.628. The predicted octanol–water partition coefficient (Wildman–Crippen LogP) is 2.99. The Morgan fingerprint density at radius 1 is 1.08 bits per heavy atom. The minimum Gasteiger partial charge on any atom is -0.378 e. The molecule has 0 aromatic heterocycles. The predicted molar refractivity (Wildman–Crippen MR) is 50.1 cm³/mol. The van der Waals surface area contributed by atoms with E-state index in [0.29, 0.717) is 6.10 Å². The number of fused-ring (bicyclic) bond motifs is 1. The van der Waals surface area contributed by atoms with E-state index in [1.807, 2.05) is 0 Å². The summed E-state index contributed by atoms with van der Waals surface area (Å²) in [7, 11) is 0. The van der Waals surface area contributed by atoms with Crippen LogP contribution in [-0.2, 0) is 4.74 Å². The molecular weight excluding hydrogens is 148 g/mol. The summed E-state index contributed by atoms with van der Waals surface area (Å²) in [5.41, 5.74) is 0. The molecule has 1 saturated carbocycles. The van der Waals surface area contributed by atoms with Gasteiger partial charge in [0.15, 0.2) is 0 Å². The van der Waals surface area contributed by atoms with Gasteiger partial charge in [0.2, 0.25) is 0 Å². The zero-order valence-corrected chi connectivity index (χ0v) is 8.09. The van der Waals surface area contributed by atoms with Crippen molar-refractivity contribution in [3.05, 3.63) is 0 Å². The Kier molecular flexibility index (Phi) is 2.69. The van der Waals surface area contributed by atoms with Crippen LogP contribution in [-0.4, -0.2) is 12.7 Å². The molecule has 1 aliphatic heterocycles. The van der Waals surface area contributed by atoms with Crippen LogP contribution in [0.4, 0.5) is 0 Å². The summed E-state index contributed by atoms with van der Waals surface area (Å²) >= 11 is 0. The molecule has 2 aliphatic rings. The molecule has 0 N–H and O–H groups in total. The number of hydrogen-bond acceptors (Lipinski definition) is 1. The van der Waals surface area contributed by atoms with Crippen molar-refractivity contribution in [3.63, 3.8) is 0 Å². The first-order valence-corrected chi connectivity index (χ1v) is 5.48. The molecule has 1 nitrogen and oxygen atoms in total. The van der Waals surface area contributed by atoms with E-state index in [0.717, 1.165) is 18.4 Å². The van der Waals surface area contributed by atoms with E-state index in [4.69, 9.17) is 4.74 Å². The summed E-state index contributed by atoms with van der Waals surface area (Å²) in [6, 6.07) is 0. The molecule has 1 heteroatoms. The van der Waals surface area contributed by atoms with Crippen LogP contribution in [0, 0.1) is 11.8 Å². The highest BCUT2D eigenvalue weighted by Crippen LogP contribution is 2.34. The molecule has 0 amide bonds. The Morgan fingerprint density at radius 3 is 2.83 bits per heavy atom. The maximum Gasteiger partial charge on any atom is 0.0603 e. The third kappa shape index (κ3) is 1.82. The lowest BCUT2D eigenvalue weighted by atomic mass is 9.86. The molecule has 12 heavy (non-hydrogen) atoms. The number of rotatable bonds is 0. The lowest BCUT2D eigenvalue weighted by molar-refractivity contribution is -0.0544. The third-order valence-electron chi connectivity index (χ3n) is 3.39. The maximum absolute atomic E-state index is 5.87. The molecule has 0 aromatic rings. The summed E-state index contributed by atoms with van der Waals surface area (Å²) in [5, 5.41) is 0. The van der Waals surface area contributed by atoms with Crippen LogP contribution in [0.1, 0.15) is 45.4 Å². The molecule has 2 rings (SSSR count). The highest BCUT2D eigenvalue weighted by Gasteiger charge is 2.29. The Hall–Kier alpha value is -0.0400. The molecule has 0 aromatic carbocycles. The van der Waals surface area contributed by atoms with Gasteiger partial charge in [0.25, 0.3) is 0 Å². The maximum atomic E-state index is 5.87. The first-order chi connectivity index (χ1) is 5.86. The van der Waals surface area contributed by atoms with Crippen molar-refractivity contribution < 1.29 is 4.74 Å². The second kappa shape index (κ2) is 3.78. The number of ether oxygens (including phenoxy) is 1. The van der Waals surface area contributed by atoms with Crippen molar-refractivity contribution in [1.29, 1.82) is 0 Å². The van der Waals surface area contributed by atoms with Gasteiger partial charge in [-0.05, 0) is 31.1 Å². The average Bonchev–Trinajstić information content (AvgIpc) is 2.28. The van der Waals surface area contributed by atoms with Gasteiger partial charge in [0.1, 0.15) is 0 Å². The topological polar surface area (TPSA) is 9.23 Å². The average molecular weight is 168 g/mol. The van der Waals surface area contributed by atoms with Gasteiger partial charge in [-0.2, -0.15) is 0 Å². The van der Waals surface area contributed by atoms with Gasteiger partial charge in [-0.3, -0.25) is 0 Å². The Balaban J connectivity index is 1.94. The van der Waals surface area contributed by atoms with E-state index in [-0.39, 0.29) is 0 Å². The van der Waals surface area contributed by atoms with Crippen LogP contribution >= 0.6 is 0 Å². The van der Waals surface area contributed by atoms with Crippen molar-refractivity contribution in [2.24, 2.45) is 11.8 Å². The first kappa shape index (κ1) is 8.55. The molecule has 2 unspecified atom stereocenters. The van der Waals surface area contributed by atoms with Crippen molar-refractivity contribution in [1.82, 2.24) is 0 Å². The third-order valence-corrected chi connectivity index (χ3v) is 3.39. The van der Waals surface area contributed by atoms with E-state index in [2.05, 4.69) is 6.92 Å². The first-order valence-electron chi connectivity index (χ1n) is 5.48. The number of hydrogen-bond donors (Lipinski definition) is 0. The van der Waals surface area contributed by atoms with Crippen LogP contribution in [0.3, 0.4) is 0 Å². The Labute approximate surface area is 75.5 Å². The van der Waals surface area contributed by atoms with E-state index in [1.54, 1.807) is 0 Å². The van der Waals surface area contributed by atoms with Gasteiger partial charge in [0.05, 0.1) is 6.10 Å². The standard InChI is InChI=1S/C11H20O/c1-9-7-10-5-3-2-4-6-11(10)12-8-9/h9-11H,2-8H2,1H3/t9?,10-,11?/m0/s1. The van der Waals surface area contributed by atoms with Crippen molar-refractivity contribution in [3.8, 4) is 0 Å². The highest BCUT2D eigenvalue weighted by molar-refractivity contribution is 4.79. The molecule has 1 heterocycles. The van der Waals surface area contributed by atoms with Crippen LogP contribution in [0.25, 0.3) is 0 Å². The van der Waals surface area contributed by atoms with E-state index in [9.17, 15) is 0 Å². The van der Waals surface area contributed by atoms with Crippen molar-refractivity contribution in [2.75, 3.05) is 6.61 Å². The summed E-state index contributed by atoms with van der Waals surface area (Å²) in [4.78, 5) is 0. The van der Waals surface area contributed by atoms with Gasteiger partial charge in [-0.15, -0.1) is 0 Å². The second-order valence-corrected chi connectivity index (χ2v) is 4.61. The zero-order chi connectivity index (χ0) is 8.39. The molecule has 1 saturated heterocycles. The highest BCUT2D eigenvalue weighted by atomic mass is 16.5. The largest absolute Gasteiger partial charge is 0.378 e. The van der Waals surface area contributed by atoms with E-state index >= 15 is 0 Å². The normalized spacial score (nSPS) is 43.2. The van der Waals surface area contributed by atoms with Gasteiger partial charge in [0, 0.05) is 6.61 Å². The molecule has 0 spiro atoms. The molecule has 0 radical (unpaired) electrons. The Bertz CT molecular complexity index is 144. The van der Waals surface area contributed by atoms with E-state index in [1.165, 1.54) is 38.5 Å². The molecule has 70 valence electrons. The van der Waals surface area contributed by atoms with Crippen LogP contribution < -0.4 is 0 Å². The fourth-order valence-electron chi connectivity index (χ4n) is 2.71. The SMILES string of the molecule is CC1COC2CCCCC[C@H]2C1. The van der Waals surface area contributed by atoms with Crippen molar-refractivity contribution in [2.45, 2.75) is 51.6 Å². The summed E-state index contributed by atoms with van der Waals surface area (Å²) in [5.74, 6) is 1.71. The zero-order valence-electron chi connectivity index (χ0n) is 8.09. The lowest BCUT2D eigenvalue weighted by Gasteiger charge is -2.33. The summed E-state index contributed by atoms with van der Waals surface area (Å²) in [6.07, 6.45) is 9.08. The van der Waals surface area contributed by atoms with Crippen LogP contribution in [0.15, 0.2) is 0 Å². The van der Waals surface area contributed by atoms with Crippen LogP contribution in [0.5, 0.6) is 0 Å². The van der Waals surface area contributed by atoms with Crippen molar-refractivity contribution >= 4 is 0 Å². The van der Waals surface area contributed by atoms with E-state index < -0.39 is 0 Å². The second-order valence-electron chi connectivity index (χ2n) is 4.61. The van der Waals surface area contributed by atoms with Gasteiger partial charge < -0.3 is 4.74 Å². The smallest absolute Gasteiger partial charge is 0.0603 e. The molecule has 1 aliphatic carbocycles. The van der Waals surface area contributed by atoms with Gasteiger partial charge in [-0.25, -0.2) is 0 Å². The Morgan fingerprint density at radius 2 is 1.92 bits per heavy atom. The minimum absolute atomic E-state index is 0.628. The summed E-state index contributed by atoms with van der Waals surface area (Å²) in [6.45, 7) is 3.34.